The SMILES string of the molecule is CCOC1=NNC(=O)/C1=C/c1[nH]c2c(c1CN1CCN(C)CC1)CCCC2. The average molecular weight is 371 g/mol. The topological polar surface area (TPSA) is 73.0 Å². The Kier molecular flexibility index (Phi) is 5.31. The Morgan fingerprint density at radius 2 is 1.96 bits per heavy atom. The van der Waals surface area contributed by atoms with Gasteiger partial charge in [0.15, 0.2) is 0 Å². The average Bonchev–Trinajstić information content (AvgIpc) is 3.19. The van der Waals surface area contributed by atoms with E-state index >= 15 is 0 Å². The highest BCUT2D eigenvalue weighted by Crippen LogP contribution is 2.30. The van der Waals surface area contributed by atoms with Gasteiger partial charge in [-0.05, 0) is 56.9 Å². The first-order chi connectivity index (χ1) is 13.2. The van der Waals surface area contributed by atoms with Crippen LogP contribution >= 0.6 is 0 Å². The molecule has 2 aliphatic heterocycles. The fourth-order valence-corrected chi connectivity index (χ4v) is 4.15. The van der Waals surface area contributed by atoms with Gasteiger partial charge in [0, 0.05) is 44.1 Å². The number of aromatic nitrogens is 1. The zero-order chi connectivity index (χ0) is 18.8. The number of aromatic amines is 1. The quantitative estimate of drug-likeness (QED) is 0.787. The predicted octanol–water partition coefficient (Wildman–Crippen LogP) is 1.50. The summed E-state index contributed by atoms with van der Waals surface area (Å²) in [5.41, 5.74) is 8.21. The lowest BCUT2D eigenvalue weighted by Crippen LogP contribution is -2.44. The van der Waals surface area contributed by atoms with E-state index in [2.05, 4.69) is 32.4 Å². The highest BCUT2D eigenvalue weighted by molar-refractivity contribution is 6.24. The number of aryl methyl sites for hydroxylation is 1. The first kappa shape index (κ1) is 18.3. The second-order valence-corrected chi connectivity index (χ2v) is 7.61. The Balaban J connectivity index is 1.66. The smallest absolute Gasteiger partial charge is 0.277 e. The number of hydrazone groups is 1. The van der Waals surface area contributed by atoms with Gasteiger partial charge in [-0.3, -0.25) is 9.69 Å². The van der Waals surface area contributed by atoms with Crippen molar-refractivity contribution in [1.29, 1.82) is 0 Å². The maximum atomic E-state index is 12.2. The number of H-pyrrole nitrogens is 1. The van der Waals surface area contributed by atoms with Crippen LogP contribution in [0.1, 0.15) is 42.3 Å². The molecule has 0 unspecified atom stereocenters. The normalized spacial score (nSPS) is 22.7. The molecule has 0 bridgehead atoms. The van der Waals surface area contributed by atoms with E-state index in [-0.39, 0.29) is 5.91 Å². The zero-order valence-electron chi connectivity index (χ0n) is 16.3. The minimum atomic E-state index is -0.198. The summed E-state index contributed by atoms with van der Waals surface area (Å²) in [6.07, 6.45) is 6.61. The monoisotopic (exact) mass is 371 g/mol. The summed E-state index contributed by atoms with van der Waals surface area (Å²) in [4.78, 5) is 20.7. The Morgan fingerprint density at radius 3 is 2.74 bits per heavy atom. The number of nitrogens with one attached hydrogen (secondary N) is 2. The molecule has 2 N–H and O–H groups in total. The molecule has 27 heavy (non-hydrogen) atoms. The van der Waals surface area contributed by atoms with E-state index in [0.717, 1.165) is 51.3 Å². The molecule has 0 saturated carbocycles. The first-order valence-electron chi connectivity index (χ1n) is 10.0. The van der Waals surface area contributed by atoms with Crippen molar-refractivity contribution in [2.45, 2.75) is 39.2 Å². The molecule has 7 nitrogen and oxygen atoms in total. The van der Waals surface area contributed by atoms with E-state index in [1.165, 1.54) is 29.7 Å². The van der Waals surface area contributed by atoms with Crippen LogP contribution in [-0.4, -0.2) is 66.4 Å². The molecule has 4 rings (SSSR count). The van der Waals surface area contributed by atoms with Crippen LogP contribution in [-0.2, 0) is 28.9 Å². The largest absolute Gasteiger partial charge is 0.476 e. The molecule has 3 heterocycles. The van der Waals surface area contributed by atoms with Gasteiger partial charge in [-0.15, -0.1) is 5.10 Å². The molecule has 0 radical (unpaired) electrons. The second kappa shape index (κ2) is 7.86. The van der Waals surface area contributed by atoms with Crippen LogP contribution in [0.15, 0.2) is 10.7 Å². The van der Waals surface area contributed by atoms with Crippen LogP contribution in [0, 0.1) is 0 Å². The number of hydrogen-bond acceptors (Lipinski definition) is 5. The number of carbonyl (C=O) groups is 1. The Hall–Kier alpha value is -2.12. The van der Waals surface area contributed by atoms with Gasteiger partial charge in [-0.2, -0.15) is 0 Å². The van der Waals surface area contributed by atoms with Crippen molar-refractivity contribution in [3.63, 3.8) is 0 Å². The van der Waals surface area contributed by atoms with Crippen LogP contribution in [0.5, 0.6) is 0 Å². The third kappa shape index (κ3) is 3.80. The zero-order valence-corrected chi connectivity index (χ0v) is 16.3. The Bertz CT molecular complexity index is 772. The van der Waals surface area contributed by atoms with Crippen molar-refractivity contribution < 1.29 is 9.53 Å². The second-order valence-electron chi connectivity index (χ2n) is 7.61. The molecule has 146 valence electrons. The predicted molar refractivity (Wildman–Crippen MR) is 105 cm³/mol. The summed E-state index contributed by atoms with van der Waals surface area (Å²) in [7, 11) is 2.18. The molecule has 1 aromatic heterocycles. The lowest BCUT2D eigenvalue weighted by molar-refractivity contribution is -0.116. The van der Waals surface area contributed by atoms with Crippen LogP contribution in [0.3, 0.4) is 0 Å². The number of rotatable bonds is 4. The molecule has 1 aromatic rings. The number of piperazine rings is 1. The standard InChI is InChI=1S/C20H29N5O2/c1-3-27-20-15(19(26)22-23-20)12-18-16(13-25-10-8-24(2)9-11-25)14-6-4-5-7-17(14)21-18/h12,21H,3-11,13H2,1-2H3,(H,22,26)/b15-12-. The number of fused-ring (bicyclic) bond motifs is 1. The molecular weight excluding hydrogens is 342 g/mol. The van der Waals surface area contributed by atoms with Crippen molar-refractivity contribution in [2.24, 2.45) is 5.10 Å². The van der Waals surface area contributed by atoms with Crippen LogP contribution in [0.25, 0.3) is 6.08 Å². The van der Waals surface area contributed by atoms with Crippen LogP contribution in [0.2, 0.25) is 0 Å². The molecule has 1 aliphatic carbocycles. The molecule has 1 amide bonds. The summed E-state index contributed by atoms with van der Waals surface area (Å²) in [5.74, 6) is 0.192. The maximum absolute atomic E-state index is 12.2. The van der Waals surface area contributed by atoms with Crippen LogP contribution < -0.4 is 5.43 Å². The summed E-state index contributed by atoms with van der Waals surface area (Å²) >= 11 is 0. The van der Waals surface area contributed by atoms with Gasteiger partial charge in [0.1, 0.15) is 5.57 Å². The highest BCUT2D eigenvalue weighted by atomic mass is 16.5. The van der Waals surface area contributed by atoms with Crippen molar-refractivity contribution in [3.05, 3.63) is 28.1 Å². The number of ether oxygens (including phenoxy) is 1. The maximum Gasteiger partial charge on any atom is 0.277 e. The minimum absolute atomic E-state index is 0.198. The molecular formula is C20H29N5O2. The number of amides is 1. The molecule has 0 spiro atoms. The third-order valence-corrected chi connectivity index (χ3v) is 5.72. The van der Waals surface area contributed by atoms with Gasteiger partial charge in [-0.25, -0.2) is 5.43 Å². The molecule has 3 aliphatic rings. The molecule has 1 saturated heterocycles. The lowest BCUT2D eigenvalue weighted by atomic mass is 9.94. The van der Waals surface area contributed by atoms with Gasteiger partial charge in [0.05, 0.1) is 6.61 Å². The van der Waals surface area contributed by atoms with Gasteiger partial charge in [0.25, 0.3) is 5.91 Å². The minimum Gasteiger partial charge on any atom is -0.476 e. The number of nitrogens with zero attached hydrogens (tertiary/aromatic N) is 3. The molecule has 0 aromatic carbocycles. The van der Waals surface area contributed by atoms with Crippen molar-refractivity contribution >= 4 is 17.9 Å². The molecule has 1 fully saturated rings. The van der Waals surface area contributed by atoms with Crippen molar-refractivity contribution in [2.75, 3.05) is 39.8 Å². The lowest BCUT2D eigenvalue weighted by Gasteiger charge is -2.32. The summed E-state index contributed by atoms with van der Waals surface area (Å²) in [6, 6.07) is 0. The molecule has 0 atom stereocenters. The summed E-state index contributed by atoms with van der Waals surface area (Å²) in [6.45, 7) is 7.69. The van der Waals surface area contributed by atoms with E-state index in [1.807, 2.05) is 13.0 Å². The van der Waals surface area contributed by atoms with Gasteiger partial charge in [0.2, 0.25) is 5.90 Å². The van der Waals surface area contributed by atoms with Gasteiger partial charge in [-0.1, -0.05) is 0 Å². The first-order valence-corrected chi connectivity index (χ1v) is 10.0. The van der Waals surface area contributed by atoms with E-state index in [0.29, 0.717) is 18.1 Å². The fourth-order valence-electron chi connectivity index (χ4n) is 4.15. The van der Waals surface area contributed by atoms with E-state index in [9.17, 15) is 4.79 Å². The van der Waals surface area contributed by atoms with Gasteiger partial charge >= 0.3 is 0 Å². The highest BCUT2D eigenvalue weighted by Gasteiger charge is 2.27. The third-order valence-electron chi connectivity index (χ3n) is 5.72. The number of carbonyl (C=O) groups excluding carboxylic acids is 1. The van der Waals surface area contributed by atoms with Crippen molar-refractivity contribution in [3.8, 4) is 0 Å². The fraction of sp³-hybridized carbons (Fsp3) is 0.600. The Labute approximate surface area is 160 Å². The summed E-state index contributed by atoms with van der Waals surface area (Å²) in [5, 5.41) is 4.02. The number of likely N-dealkylation sites (N-methyl/N-ethyl adjacent to an activating group) is 1. The van der Waals surface area contributed by atoms with E-state index in [1.54, 1.807) is 0 Å². The Morgan fingerprint density at radius 1 is 1.19 bits per heavy atom. The van der Waals surface area contributed by atoms with E-state index in [4.69, 9.17) is 4.74 Å². The van der Waals surface area contributed by atoms with Gasteiger partial charge < -0.3 is 14.6 Å². The van der Waals surface area contributed by atoms with E-state index < -0.39 is 0 Å². The van der Waals surface area contributed by atoms with Crippen molar-refractivity contribution in [1.82, 2.24) is 20.2 Å². The molecule has 7 heteroatoms. The van der Waals surface area contributed by atoms with Crippen LogP contribution in [0.4, 0.5) is 0 Å². The summed E-state index contributed by atoms with van der Waals surface area (Å²) < 4.78 is 5.53. The number of hydrogen-bond donors (Lipinski definition) is 2.